The molecule has 1 aliphatic rings. The number of amides is 1. The van der Waals surface area contributed by atoms with Gasteiger partial charge in [-0.3, -0.25) is 4.79 Å². The molecule has 174 valence electrons. The van der Waals surface area contributed by atoms with Crippen LogP contribution in [-0.2, 0) is 0 Å². The fourth-order valence-electron chi connectivity index (χ4n) is 4.71. The second-order valence-electron chi connectivity index (χ2n) is 8.44. The molecule has 3 heterocycles. The molecular weight excluding hydrogens is 493 g/mol. The lowest BCUT2D eigenvalue weighted by molar-refractivity contribution is 0.0687. The van der Waals surface area contributed by atoms with Crippen molar-refractivity contribution in [3.8, 4) is 0 Å². The van der Waals surface area contributed by atoms with Crippen molar-refractivity contribution < 1.29 is 4.79 Å². The Bertz CT molecular complexity index is 1340. The largest absolute Gasteiger partial charge is 0.357 e. The second kappa shape index (κ2) is 9.45. The summed E-state index contributed by atoms with van der Waals surface area (Å²) in [6, 6.07) is 14.6. The number of rotatable bonds is 4. The monoisotopic (exact) mass is 513 g/mol. The maximum absolute atomic E-state index is 13.3. The van der Waals surface area contributed by atoms with Crippen LogP contribution in [0, 0.1) is 0 Å². The number of nitrogens with zero attached hydrogens (tertiary/aromatic N) is 4. The number of aromatic amines is 1. The molecule has 1 amide bonds. The van der Waals surface area contributed by atoms with E-state index in [9.17, 15) is 4.79 Å². The number of hydrogen-bond donors (Lipinski definition) is 1. The SMILES string of the molecule is CN(C(=O)c1ccc(Cl)cc1)[C@@H]1CCN(c2ncnc3cc[nH]c23)C[C@H]1c1ccc(Cl)c(Cl)c1. The number of H-pyrrole nitrogens is 1. The molecule has 9 heteroatoms. The summed E-state index contributed by atoms with van der Waals surface area (Å²) < 4.78 is 0. The van der Waals surface area contributed by atoms with E-state index < -0.39 is 0 Å². The van der Waals surface area contributed by atoms with Crippen LogP contribution in [0.5, 0.6) is 0 Å². The third-order valence-corrected chi connectivity index (χ3v) is 7.47. The van der Waals surface area contributed by atoms with Gasteiger partial charge in [0.25, 0.3) is 5.91 Å². The van der Waals surface area contributed by atoms with Gasteiger partial charge in [-0.1, -0.05) is 40.9 Å². The van der Waals surface area contributed by atoms with Crippen molar-refractivity contribution in [2.45, 2.75) is 18.4 Å². The molecule has 1 N–H and O–H groups in total. The normalized spacial score (nSPS) is 18.3. The first-order valence-electron chi connectivity index (χ1n) is 10.9. The van der Waals surface area contributed by atoms with Crippen LogP contribution in [0.2, 0.25) is 15.1 Å². The number of benzene rings is 2. The molecule has 1 saturated heterocycles. The fraction of sp³-hybridized carbons (Fsp3) is 0.240. The molecule has 0 saturated carbocycles. The van der Waals surface area contributed by atoms with E-state index in [1.54, 1.807) is 30.6 Å². The van der Waals surface area contributed by atoms with E-state index in [4.69, 9.17) is 34.8 Å². The Morgan fingerprint density at radius 2 is 1.85 bits per heavy atom. The van der Waals surface area contributed by atoms with E-state index in [1.165, 1.54) is 0 Å². The van der Waals surface area contributed by atoms with Gasteiger partial charge >= 0.3 is 0 Å². The summed E-state index contributed by atoms with van der Waals surface area (Å²) in [6.45, 7) is 1.40. The Morgan fingerprint density at radius 1 is 1.06 bits per heavy atom. The molecule has 0 radical (unpaired) electrons. The molecule has 5 rings (SSSR count). The van der Waals surface area contributed by atoms with Crippen molar-refractivity contribution >= 4 is 57.6 Å². The molecule has 0 unspecified atom stereocenters. The first-order valence-corrected chi connectivity index (χ1v) is 12.1. The van der Waals surface area contributed by atoms with Crippen molar-refractivity contribution in [1.82, 2.24) is 19.9 Å². The Labute approximate surface area is 212 Å². The second-order valence-corrected chi connectivity index (χ2v) is 9.69. The van der Waals surface area contributed by atoms with E-state index in [2.05, 4.69) is 19.9 Å². The van der Waals surface area contributed by atoms with Gasteiger partial charge in [0, 0.05) is 48.9 Å². The predicted octanol–water partition coefficient (Wildman–Crippen LogP) is 6.05. The van der Waals surface area contributed by atoms with Crippen molar-refractivity contribution in [3.05, 3.63) is 87.2 Å². The average Bonchev–Trinajstić information content (AvgIpc) is 3.34. The predicted molar refractivity (Wildman–Crippen MR) is 137 cm³/mol. The van der Waals surface area contributed by atoms with E-state index in [1.807, 2.05) is 42.4 Å². The number of piperidine rings is 1. The lowest BCUT2D eigenvalue weighted by Crippen LogP contribution is -2.50. The van der Waals surface area contributed by atoms with Crippen LogP contribution in [0.25, 0.3) is 11.0 Å². The number of hydrogen-bond acceptors (Lipinski definition) is 4. The maximum Gasteiger partial charge on any atom is 0.253 e. The zero-order valence-electron chi connectivity index (χ0n) is 18.4. The molecule has 34 heavy (non-hydrogen) atoms. The minimum atomic E-state index is -0.0472. The quantitative estimate of drug-likeness (QED) is 0.360. The number of halogens is 3. The van der Waals surface area contributed by atoms with Crippen LogP contribution in [0.4, 0.5) is 5.82 Å². The lowest BCUT2D eigenvalue weighted by Gasteiger charge is -2.43. The summed E-state index contributed by atoms with van der Waals surface area (Å²) in [5.74, 6) is 0.795. The molecule has 6 nitrogen and oxygen atoms in total. The maximum atomic E-state index is 13.3. The molecule has 2 atom stereocenters. The van der Waals surface area contributed by atoms with Crippen LogP contribution in [0.3, 0.4) is 0 Å². The number of anilines is 1. The van der Waals surface area contributed by atoms with Gasteiger partial charge in [-0.05, 0) is 54.4 Å². The van der Waals surface area contributed by atoms with E-state index in [-0.39, 0.29) is 17.9 Å². The molecule has 0 aliphatic carbocycles. The molecule has 4 aromatic rings. The number of carbonyl (C=O) groups is 1. The first-order chi connectivity index (χ1) is 16.4. The van der Waals surface area contributed by atoms with Crippen LogP contribution in [-0.4, -0.2) is 51.9 Å². The highest BCUT2D eigenvalue weighted by molar-refractivity contribution is 6.42. The van der Waals surface area contributed by atoms with Crippen LogP contribution < -0.4 is 4.90 Å². The smallest absolute Gasteiger partial charge is 0.253 e. The number of nitrogens with one attached hydrogen (secondary N) is 1. The summed E-state index contributed by atoms with van der Waals surface area (Å²) in [5, 5.41) is 1.60. The van der Waals surface area contributed by atoms with Crippen LogP contribution in [0.15, 0.2) is 61.1 Å². The molecular formula is C25H22Cl3N5O. The van der Waals surface area contributed by atoms with Crippen molar-refractivity contribution in [1.29, 1.82) is 0 Å². The van der Waals surface area contributed by atoms with E-state index in [0.717, 1.165) is 35.4 Å². The Hall–Kier alpha value is -2.80. The number of carbonyl (C=O) groups excluding carboxylic acids is 1. The number of aromatic nitrogens is 3. The summed E-state index contributed by atoms with van der Waals surface area (Å²) in [6.07, 6.45) is 4.21. The van der Waals surface area contributed by atoms with Gasteiger partial charge in [-0.2, -0.15) is 0 Å². The summed E-state index contributed by atoms with van der Waals surface area (Å²) in [7, 11) is 1.86. The summed E-state index contributed by atoms with van der Waals surface area (Å²) in [4.78, 5) is 29.6. The van der Waals surface area contributed by atoms with Gasteiger partial charge in [0.15, 0.2) is 5.82 Å². The first kappa shape index (κ1) is 23.0. The minimum absolute atomic E-state index is 0.00950. The molecule has 0 bridgehead atoms. The Balaban J connectivity index is 1.49. The zero-order chi connectivity index (χ0) is 23.8. The minimum Gasteiger partial charge on any atom is -0.357 e. The molecule has 2 aromatic heterocycles. The van der Waals surface area contributed by atoms with Crippen LogP contribution >= 0.6 is 34.8 Å². The third kappa shape index (κ3) is 4.33. The van der Waals surface area contributed by atoms with Crippen molar-refractivity contribution in [2.75, 3.05) is 25.0 Å². The van der Waals surface area contributed by atoms with Gasteiger partial charge in [0.05, 0.1) is 15.6 Å². The molecule has 0 spiro atoms. The van der Waals surface area contributed by atoms with Crippen molar-refractivity contribution in [3.63, 3.8) is 0 Å². The summed E-state index contributed by atoms with van der Waals surface area (Å²) >= 11 is 18.6. The average molecular weight is 515 g/mol. The van der Waals surface area contributed by atoms with Gasteiger partial charge in [0.2, 0.25) is 0 Å². The highest BCUT2D eigenvalue weighted by Gasteiger charge is 2.36. The molecule has 2 aromatic carbocycles. The zero-order valence-corrected chi connectivity index (χ0v) is 20.6. The lowest BCUT2D eigenvalue weighted by atomic mass is 9.84. The van der Waals surface area contributed by atoms with Gasteiger partial charge in [0.1, 0.15) is 11.8 Å². The van der Waals surface area contributed by atoms with Crippen LogP contribution in [0.1, 0.15) is 28.3 Å². The van der Waals surface area contributed by atoms with E-state index in [0.29, 0.717) is 27.2 Å². The summed E-state index contributed by atoms with van der Waals surface area (Å²) in [5.41, 5.74) is 3.40. The molecule has 1 fully saturated rings. The molecule has 1 aliphatic heterocycles. The topological polar surface area (TPSA) is 65.1 Å². The standard InChI is InChI=1S/C25H22Cl3N5O/c1-32(25(34)15-2-5-17(26)6-3-15)22-9-11-33(24-23-21(8-10-29-23)30-14-31-24)13-18(22)16-4-7-19(27)20(28)12-16/h2-8,10,12,14,18,22,29H,9,11,13H2,1H3/t18-,22+/m0/s1. The van der Waals surface area contributed by atoms with Crippen molar-refractivity contribution in [2.24, 2.45) is 0 Å². The highest BCUT2D eigenvalue weighted by atomic mass is 35.5. The third-order valence-electron chi connectivity index (χ3n) is 6.48. The number of likely N-dealkylation sites (N-methyl/N-ethyl adjacent to an activating group) is 1. The van der Waals surface area contributed by atoms with E-state index >= 15 is 0 Å². The van der Waals surface area contributed by atoms with Gasteiger partial charge in [-0.25, -0.2) is 9.97 Å². The highest BCUT2D eigenvalue weighted by Crippen LogP contribution is 2.36. The van der Waals surface area contributed by atoms with Gasteiger partial charge in [-0.15, -0.1) is 0 Å². The van der Waals surface area contributed by atoms with Gasteiger partial charge < -0.3 is 14.8 Å². The Kier molecular flexibility index (Phi) is 6.38. The fourth-order valence-corrected chi connectivity index (χ4v) is 5.14. The Morgan fingerprint density at radius 3 is 2.62 bits per heavy atom. The number of fused-ring (bicyclic) bond motifs is 1.